The number of rotatable bonds is 20. The number of carbonyl (C=O) groups excluding carboxylic acids is 2. The monoisotopic (exact) mass is 385 g/mol. The molecule has 0 saturated heterocycles. The van der Waals surface area contributed by atoms with Crippen LogP contribution >= 0.6 is 0 Å². The van der Waals surface area contributed by atoms with Crippen LogP contribution < -0.4 is 5.32 Å². The lowest BCUT2D eigenvalue weighted by Gasteiger charge is -2.05. The van der Waals surface area contributed by atoms with Crippen LogP contribution in [0, 0.1) is 0 Å². The molecule has 0 aromatic heterocycles. The fourth-order valence-electron chi connectivity index (χ4n) is 3.04. The molecule has 27 heavy (non-hydrogen) atoms. The van der Waals surface area contributed by atoms with Gasteiger partial charge in [0.05, 0.1) is 13.2 Å². The number of unbranched alkanes of at least 4 members (excludes halogenated alkanes) is 10. The van der Waals surface area contributed by atoms with Gasteiger partial charge in [0.2, 0.25) is 0 Å². The summed E-state index contributed by atoms with van der Waals surface area (Å²) >= 11 is 0. The van der Waals surface area contributed by atoms with E-state index >= 15 is 0 Å². The highest BCUT2D eigenvalue weighted by Gasteiger charge is 2.01. The molecule has 0 aliphatic carbocycles. The lowest BCUT2D eigenvalue weighted by Crippen LogP contribution is -2.16. The summed E-state index contributed by atoms with van der Waals surface area (Å²) in [4.78, 5) is 22.4. The first-order chi connectivity index (χ1) is 13.2. The molecule has 0 bridgehead atoms. The molecule has 0 radical (unpaired) electrons. The smallest absolute Gasteiger partial charge is 0.305 e. The third kappa shape index (κ3) is 21.1. The summed E-state index contributed by atoms with van der Waals surface area (Å²) in [6.07, 6.45) is 15.3. The van der Waals surface area contributed by atoms with Gasteiger partial charge in [-0.05, 0) is 52.6 Å². The van der Waals surface area contributed by atoms with Gasteiger partial charge in [0, 0.05) is 12.8 Å². The minimum absolute atomic E-state index is 0.0571. The molecular formula is C22H43NO4. The van der Waals surface area contributed by atoms with E-state index in [0.717, 1.165) is 38.8 Å². The Kier molecular flexibility index (Phi) is 20.3. The first-order valence-corrected chi connectivity index (χ1v) is 11.2. The molecule has 0 aliphatic rings. The second-order valence-corrected chi connectivity index (χ2v) is 7.10. The minimum atomic E-state index is -0.0571. The zero-order valence-corrected chi connectivity index (χ0v) is 17.9. The topological polar surface area (TPSA) is 64.6 Å². The summed E-state index contributed by atoms with van der Waals surface area (Å²) in [5, 5.41) is 3.53. The molecule has 160 valence electrons. The maximum Gasteiger partial charge on any atom is 0.305 e. The van der Waals surface area contributed by atoms with Crippen molar-refractivity contribution in [2.45, 2.75) is 104 Å². The van der Waals surface area contributed by atoms with Gasteiger partial charge in [-0.2, -0.15) is 0 Å². The van der Waals surface area contributed by atoms with Gasteiger partial charge in [0.1, 0.15) is 0 Å². The van der Waals surface area contributed by atoms with Gasteiger partial charge in [0.25, 0.3) is 0 Å². The van der Waals surface area contributed by atoms with Gasteiger partial charge < -0.3 is 14.8 Å². The summed E-state index contributed by atoms with van der Waals surface area (Å²) in [5.74, 6) is -0.114. The Morgan fingerprint density at radius 2 is 0.889 bits per heavy atom. The van der Waals surface area contributed by atoms with Crippen LogP contribution in [0.5, 0.6) is 0 Å². The first-order valence-electron chi connectivity index (χ1n) is 11.2. The molecule has 0 heterocycles. The van der Waals surface area contributed by atoms with Crippen LogP contribution in [0.3, 0.4) is 0 Å². The highest BCUT2D eigenvalue weighted by atomic mass is 16.5. The van der Waals surface area contributed by atoms with Crippen molar-refractivity contribution in [3.63, 3.8) is 0 Å². The Morgan fingerprint density at radius 1 is 0.556 bits per heavy atom. The molecule has 0 rings (SSSR count). The average molecular weight is 386 g/mol. The zero-order chi connectivity index (χ0) is 20.0. The molecule has 0 atom stereocenters. The van der Waals surface area contributed by atoms with E-state index in [9.17, 15) is 9.59 Å². The number of hydrogen-bond acceptors (Lipinski definition) is 5. The van der Waals surface area contributed by atoms with E-state index in [1.807, 2.05) is 13.8 Å². The second kappa shape index (κ2) is 21.2. The Labute approximate surface area is 167 Å². The van der Waals surface area contributed by atoms with Crippen LogP contribution in [0.2, 0.25) is 0 Å². The Bertz CT molecular complexity index is 315. The van der Waals surface area contributed by atoms with Gasteiger partial charge in [-0.3, -0.25) is 9.59 Å². The fourth-order valence-corrected chi connectivity index (χ4v) is 3.04. The summed E-state index contributed by atoms with van der Waals surface area (Å²) in [6.45, 7) is 6.90. The zero-order valence-electron chi connectivity index (χ0n) is 17.9. The number of hydrogen-bond donors (Lipinski definition) is 1. The summed E-state index contributed by atoms with van der Waals surface area (Å²) in [7, 11) is 0. The molecule has 0 saturated carbocycles. The lowest BCUT2D eigenvalue weighted by atomic mass is 10.1. The summed E-state index contributed by atoms with van der Waals surface area (Å²) in [5.41, 5.74) is 0. The normalized spacial score (nSPS) is 10.7. The van der Waals surface area contributed by atoms with Crippen molar-refractivity contribution in [3.05, 3.63) is 0 Å². The van der Waals surface area contributed by atoms with E-state index in [4.69, 9.17) is 9.47 Å². The van der Waals surface area contributed by atoms with Crippen LogP contribution in [-0.2, 0) is 19.1 Å². The molecule has 0 aromatic carbocycles. The predicted molar refractivity (Wildman–Crippen MR) is 111 cm³/mol. The third-order valence-corrected chi connectivity index (χ3v) is 4.58. The predicted octanol–water partition coefficient (Wildman–Crippen LogP) is 5.16. The molecular weight excluding hydrogens is 342 g/mol. The number of ether oxygens (including phenoxy) is 2. The highest BCUT2D eigenvalue weighted by molar-refractivity contribution is 5.69. The number of esters is 2. The van der Waals surface area contributed by atoms with E-state index in [1.165, 1.54) is 51.4 Å². The Morgan fingerprint density at radius 3 is 1.26 bits per heavy atom. The molecule has 0 spiro atoms. The molecule has 1 N–H and O–H groups in total. The molecule has 5 nitrogen and oxygen atoms in total. The van der Waals surface area contributed by atoms with Crippen LogP contribution in [0.1, 0.15) is 104 Å². The quantitative estimate of drug-likeness (QED) is 0.231. The van der Waals surface area contributed by atoms with Gasteiger partial charge in [0.15, 0.2) is 0 Å². The maximum absolute atomic E-state index is 11.2. The van der Waals surface area contributed by atoms with Gasteiger partial charge in [-0.1, -0.05) is 51.4 Å². The van der Waals surface area contributed by atoms with E-state index in [2.05, 4.69) is 5.32 Å². The van der Waals surface area contributed by atoms with E-state index < -0.39 is 0 Å². The van der Waals surface area contributed by atoms with E-state index in [-0.39, 0.29) is 11.9 Å². The van der Waals surface area contributed by atoms with E-state index in [1.54, 1.807) is 0 Å². The number of nitrogens with one attached hydrogen (secondary N) is 1. The van der Waals surface area contributed by atoms with Gasteiger partial charge >= 0.3 is 11.9 Å². The van der Waals surface area contributed by atoms with Crippen LogP contribution in [0.15, 0.2) is 0 Å². The highest BCUT2D eigenvalue weighted by Crippen LogP contribution is 2.09. The fraction of sp³-hybridized carbons (Fsp3) is 0.909. The SMILES string of the molecule is CCOC(=O)CCCCCCCCNCCCCCCCCC(=O)OCC. The van der Waals surface area contributed by atoms with Crippen LogP contribution in [0.4, 0.5) is 0 Å². The molecule has 0 amide bonds. The largest absolute Gasteiger partial charge is 0.466 e. The van der Waals surface area contributed by atoms with Crippen LogP contribution in [-0.4, -0.2) is 38.2 Å². The van der Waals surface area contributed by atoms with Crippen molar-refractivity contribution in [2.75, 3.05) is 26.3 Å². The Hall–Kier alpha value is -1.10. The van der Waals surface area contributed by atoms with Gasteiger partial charge in [-0.25, -0.2) is 0 Å². The standard InChI is InChI=1S/C22H43NO4/c1-3-26-21(24)17-13-9-5-7-11-15-19-23-20-16-12-8-6-10-14-18-22(25)27-4-2/h23H,3-20H2,1-2H3. The van der Waals surface area contributed by atoms with Crippen molar-refractivity contribution >= 4 is 11.9 Å². The van der Waals surface area contributed by atoms with Crippen molar-refractivity contribution in [3.8, 4) is 0 Å². The molecule has 0 fully saturated rings. The third-order valence-electron chi connectivity index (χ3n) is 4.58. The molecule has 5 heteroatoms. The average Bonchev–Trinajstić information content (AvgIpc) is 2.64. The number of carbonyl (C=O) groups is 2. The van der Waals surface area contributed by atoms with Crippen molar-refractivity contribution in [1.82, 2.24) is 5.32 Å². The minimum Gasteiger partial charge on any atom is -0.466 e. The van der Waals surface area contributed by atoms with E-state index in [0.29, 0.717) is 26.1 Å². The molecule has 0 aromatic rings. The van der Waals surface area contributed by atoms with Gasteiger partial charge in [-0.15, -0.1) is 0 Å². The van der Waals surface area contributed by atoms with Crippen molar-refractivity contribution in [2.24, 2.45) is 0 Å². The van der Waals surface area contributed by atoms with Crippen LogP contribution in [0.25, 0.3) is 0 Å². The first kappa shape index (κ1) is 25.9. The Balaban J connectivity index is 3.09. The molecule has 0 aliphatic heterocycles. The lowest BCUT2D eigenvalue weighted by molar-refractivity contribution is -0.144. The van der Waals surface area contributed by atoms with Crippen molar-refractivity contribution in [1.29, 1.82) is 0 Å². The molecule has 0 unspecified atom stereocenters. The second-order valence-electron chi connectivity index (χ2n) is 7.10. The maximum atomic E-state index is 11.2. The van der Waals surface area contributed by atoms with Crippen molar-refractivity contribution < 1.29 is 19.1 Å². The summed E-state index contributed by atoms with van der Waals surface area (Å²) < 4.78 is 9.84. The summed E-state index contributed by atoms with van der Waals surface area (Å²) in [6, 6.07) is 0.